The first-order valence-corrected chi connectivity index (χ1v) is 7.43. The Morgan fingerprint density at radius 1 is 1.25 bits per heavy atom. The molecule has 98 valence electrons. The van der Waals surface area contributed by atoms with Gasteiger partial charge in [-0.1, -0.05) is 43.6 Å². The van der Waals surface area contributed by atoms with Gasteiger partial charge in [-0.2, -0.15) is 0 Å². The number of ether oxygens (including phenoxy) is 1. The van der Waals surface area contributed by atoms with Crippen LogP contribution in [0.5, 0.6) is 0 Å². The van der Waals surface area contributed by atoms with Gasteiger partial charge in [-0.3, -0.25) is 0 Å². The first-order valence-electron chi connectivity index (χ1n) is 6.31. The Morgan fingerprint density at radius 2 is 1.88 bits per heavy atom. The van der Waals surface area contributed by atoms with Crippen LogP contribution < -0.4 is 0 Å². The highest BCUT2D eigenvalue weighted by Gasteiger charge is 2.25. The molecule has 1 atom stereocenters. The first-order chi connectivity index (χ1) is 7.45. The van der Waals surface area contributed by atoms with Gasteiger partial charge >= 0.3 is 0 Å². The Hall–Kier alpha value is 0.400. The topological polar surface area (TPSA) is 12.5 Å². The average molecular weight is 294 g/mol. The Labute approximate surface area is 110 Å². The summed E-state index contributed by atoms with van der Waals surface area (Å²) >= 11 is 3.63. The van der Waals surface area contributed by atoms with Crippen molar-refractivity contribution in [2.75, 3.05) is 38.2 Å². The van der Waals surface area contributed by atoms with Gasteiger partial charge < -0.3 is 9.64 Å². The molecule has 0 saturated carbocycles. The molecule has 0 rings (SSSR count). The molecule has 1 unspecified atom stereocenters. The third-order valence-corrected chi connectivity index (χ3v) is 3.87. The van der Waals surface area contributed by atoms with E-state index in [4.69, 9.17) is 4.74 Å². The monoisotopic (exact) mass is 293 g/mol. The Kier molecular flexibility index (Phi) is 8.70. The van der Waals surface area contributed by atoms with E-state index in [1.54, 1.807) is 0 Å². The summed E-state index contributed by atoms with van der Waals surface area (Å²) in [5.41, 5.74) is 0.364. The Balaban J connectivity index is 4.07. The zero-order valence-electron chi connectivity index (χ0n) is 11.6. The van der Waals surface area contributed by atoms with E-state index in [-0.39, 0.29) is 0 Å². The summed E-state index contributed by atoms with van der Waals surface area (Å²) in [6.45, 7) is 16.2. The lowest BCUT2D eigenvalue weighted by Gasteiger charge is -2.34. The molecule has 2 nitrogen and oxygen atoms in total. The molecule has 0 aromatic heterocycles. The van der Waals surface area contributed by atoms with Crippen molar-refractivity contribution < 1.29 is 4.74 Å². The molecular formula is C13H28BrNO. The van der Waals surface area contributed by atoms with Crippen molar-refractivity contribution in [3.8, 4) is 0 Å². The molecule has 0 saturated heterocycles. The van der Waals surface area contributed by atoms with Crippen LogP contribution in [0.3, 0.4) is 0 Å². The summed E-state index contributed by atoms with van der Waals surface area (Å²) in [6.07, 6.45) is 0. The van der Waals surface area contributed by atoms with Gasteiger partial charge in [0.1, 0.15) is 0 Å². The second kappa shape index (κ2) is 8.48. The highest BCUT2D eigenvalue weighted by atomic mass is 79.9. The van der Waals surface area contributed by atoms with E-state index in [0.29, 0.717) is 11.3 Å². The van der Waals surface area contributed by atoms with Crippen molar-refractivity contribution >= 4 is 15.9 Å². The van der Waals surface area contributed by atoms with Crippen molar-refractivity contribution in [3.05, 3.63) is 0 Å². The second-order valence-corrected chi connectivity index (χ2v) is 5.95. The molecule has 0 spiro atoms. The fraction of sp³-hybridized carbons (Fsp3) is 1.00. The van der Waals surface area contributed by atoms with Gasteiger partial charge in [0, 0.05) is 25.0 Å². The molecule has 16 heavy (non-hydrogen) atoms. The fourth-order valence-corrected chi connectivity index (χ4v) is 2.76. The number of hydrogen-bond acceptors (Lipinski definition) is 2. The standard InChI is InChI=1S/C13H28BrNO/c1-6-15(8-9-16-7-2)11-12(10-14)13(3,4)5/h12H,6-11H2,1-5H3. The van der Waals surface area contributed by atoms with Crippen LogP contribution in [-0.4, -0.2) is 43.1 Å². The number of hydrogen-bond donors (Lipinski definition) is 0. The van der Waals surface area contributed by atoms with Crippen molar-refractivity contribution in [3.63, 3.8) is 0 Å². The van der Waals surface area contributed by atoms with Crippen molar-refractivity contribution in [2.24, 2.45) is 11.3 Å². The first kappa shape index (κ1) is 16.4. The summed E-state index contributed by atoms with van der Waals surface area (Å²) in [5, 5.41) is 1.07. The minimum absolute atomic E-state index is 0.364. The molecule has 0 aromatic rings. The van der Waals surface area contributed by atoms with Gasteiger partial charge in [-0.05, 0) is 24.8 Å². The molecule has 0 aliphatic carbocycles. The number of nitrogens with zero attached hydrogens (tertiary/aromatic N) is 1. The van der Waals surface area contributed by atoms with Gasteiger partial charge in [0.2, 0.25) is 0 Å². The van der Waals surface area contributed by atoms with Gasteiger partial charge in [-0.25, -0.2) is 0 Å². The Morgan fingerprint density at radius 3 is 2.25 bits per heavy atom. The van der Waals surface area contributed by atoms with Crippen molar-refractivity contribution in [2.45, 2.75) is 34.6 Å². The van der Waals surface area contributed by atoms with Crippen LogP contribution in [0.2, 0.25) is 0 Å². The molecule has 0 aliphatic heterocycles. The van der Waals surface area contributed by atoms with Crippen LogP contribution in [-0.2, 0) is 4.74 Å². The number of alkyl halides is 1. The lowest BCUT2D eigenvalue weighted by molar-refractivity contribution is 0.0974. The average Bonchev–Trinajstić information content (AvgIpc) is 2.21. The highest BCUT2D eigenvalue weighted by Crippen LogP contribution is 2.28. The molecule has 0 aliphatic rings. The van der Waals surface area contributed by atoms with Crippen LogP contribution in [0.15, 0.2) is 0 Å². The number of rotatable bonds is 8. The van der Waals surface area contributed by atoms with Crippen molar-refractivity contribution in [1.29, 1.82) is 0 Å². The molecule has 3 heteroatoms. The van der Waals surface area contributed by atoms with E-state index in [1.165, 1.54) is 0 Å². The number of likely N-dealkylation sites (N-methyl/N-ethyl adjacent to an activating group) is 1. The molecular weight excluding hydrogens is 266 g/mol. The van der Waals surface area contributed by atoms with Crippen LogP contribution in [0, 0.1) is 11.3 Å². The van der Waals surface area contributed by atoms with E-state index < -0.39 is 0 Å². The smallest absolute Gasteiger partial charge is 0.0593 e. The maximum absolute atomic E-state index is 5.41. The molecule has 0 N–H and O–H groups in total. The van der Waals surface area contributed by atoms with Gasteiger partial charge in [0.15, 0.2) is 0 Å². The minimum atomic E-state index is 0.364. The third kappa shape index (κ3) is 6.87. The van der Waals surface area contributed by atoms with Crippen LogP contribution in [0.4, 0.5) is 0 Å². The van der Waals surface area contributed by atoms with E-state index in [2.05, 4.69) is 48.5 Å². The predicted octanol–water partition coefficient (Wildman–Crippen LogP) is 3.40. The second-order valence-electron chi connectivity index (χ2n) is 5.31. The molecule has 0 radical (unpaired) electrons. The van der Waals surface area contributed by atoms with Gasteiger partial charge in [-0.15, -0.1) is 0 Å². The quantitative estimate of drug-likeness (QED) is 0.502. The summed E-state index contributed by atoms with van der Waals surface area (Å²) < 4.78 is 5.41. The molecule has 0 amide bonds. The van der Waals surface area contributed by atoms with Crippen molar-refractivity contribution in [1.82, 2.24) is 4.90 Å². The molecule has 0 bridgehead atoms. The molecule has 0 aromatic carbocycles. The lowest BCUT2D eigenvalue weighted by Crippen LogP contribution is -2.38. The minimum Gasteiger partial charge on any atom is -0.380 e. The zero-order chi connectivity index (χ0) is 12.6. The lowest BCUT2D eigenvalue weighted by atomic mass is 9.82. The number of halogens is 1. The maximum Gasteiger partial charge on any atom is 0.0593 e. The summed E-state index contributed by atoms with van der Waals surface area (Å²) in [5.74, 6) is 0.689. The van der Waals surface area contributed by atoms with E-state index in [9.17, 15) is 0 Å². The SMILES string of the molecule is CCOCCN(CC)CC(CBr)C(C)(C)C. The highest BCUT2D eigenvalue weighted by molar-refractivity contribution is 9.09. The summed E-state index contributed by atoms with van der Waals surface area (Å²) in [6, 6.07) is 0. The van der Waals surface area contributed by atoms with Gasteiger partial charge in [0.05, 0.1) is 6.61 Å². The van der Waals surface area contributed by atoms with E-state index in [0.717, 1.165) is 38.2 Å². The van der Waals surface area contributed by atoms with Crippen LogP contribution >= 0.6 is 15.9 Å². The Bertz CT molecular complexity index is 168. The summed E-state index contributed by atoms with van der Waals surface area (Å²) in [4.78, 5) is 2.48. The largest absolute Gasteiger partial charge is 0.380 e. The molecule has 0 fully saturated rings. The van der Waals surface area contributed by atoms with Crippen LogP contribution in [0.1, 0.15) is 34.6 Å². The normalized spacial score (nSPS) is 14.4. The predicted molar refractivity (Wildman–Crippen MR) is 75.3 cm³/mol. The van der Waals surface area contributed by atoms with E-state index in [1.807, 2.05) is 6.92 Å². The zero-order valence-corrected chi connectivity index (χ0v) is 13.1. The third-order valence-electron chi connectivity index (χ3n) is 3.09. The van der Waals surface area contributed by atoms with E-state index >= 15 is 0 Å². The summed E-state index contributed by atoms with van der Waals surface area (Å²) in [7, 11) is 0. The van der Waals surface area contributed by atoms with Gasteiger partial charge in [0.25, 0.3) is 0 Å². The maximum atomic E-state index is 5.41. The van der Waals surface area contributed by atoms with Crippen LogP contribution in [0.25, 0.3) is 0 Å². The molecule has 0 heterocycles. The fourth-order valence-electron chi connectivity index (χ4n) is 1.58.